The van der Waals surface area contributed by atoms with Crippen LogP contribution in [0.2, 0.25) is 5.15 Å². The van der Waals surface area contributed by atoms with Gasteiger partial charge in [0.2, 0.25) is 10.0 Å². The molecule has 1 heterocycles. The van der Waals surface area contributed by atoms with Gasteiger partial charge < -0.3 is 0 Å². The average Bonchev–Trinajstić information content (AvgIpc) is 2.29. The molecule has 0 aromatic carbocycles. The summed E-state index contributed by atoms with van der Waals surface area (Å²) in [5.74, 6) is 0. The molecule has 0 unspecified atom stereocenters. The summed E-state index contributed by atoms with van der Waals surface area (Å²) in [5, 5.41) is 8.57. The summed E-state index contributed by atoms with van der Waals surface area (Å²) in [4.78, 5) is 3.79. The van der Waals surface area contributed by atoms with Crippen LogP contribution in [0.25, 0.3) is 0 Å². The van der Waals surface area contributed by atoms with E-state index < -0.39 is 10.0 Å². The van der Waals surface area contributed by atoms with Crippen molar-refractivity contribution in [2.24, 2.45) is 0 Å². The third kappa shape index (κ3) is 4.69. The quantitative estimate of drug-likeness (QED) is 0.632. The van der Waals surface area contributed by atoms with Crippen LogP contribution in [0.3, 0.4) is 0 Å². The minimum absolute atomic E-state index is 0.0854. The number of nitrogens with zero attached hydrogens (tertiary/aromatic N) is 2. The highest BCUT2D eigenvalue weighted by Gasteiger charge is 2.13. The Morgan fingerprint density at radius 1 is 1.41 bits per heavy atom. The van der Waals surface area contributed by atoms with Gasteiger partial charge in [-0.2, -0.15) is 5.26 Å². The van der Waals surface area contributed by atoms with Gasteiger partial charge in [0.15, 0.2) is 0 Å². The van der Waals surface area contributed by atoms with E-state index in [4.69, 9.17) is 16.9 Å². The Morgan fingerprint density at radius 3 is 2.76 bits per heavy atom. The van der Waals surface area contributed by atoms with Crippen molar-refractivity contribution < 1.29 is 8.42 Å². The first-order valence-electron chi connectivity index (χ1n) is 5.04. The lowest BCUT2D eigenvalue weighted by atomic mass is 10.2. The molecule has 1 aromatic rings. The smallest absolute Gasteiger partial charge is 0.242 e. The van der Waals surface area contributed by atoms with E-state index in [0.29, 0.717) is 25.8 Å². The fourth-order valence-electron chi connectivity index (χ4n) is 1.14. The third-order valence-corrected chi connectivity index (χ3v) is 3.69. The lowest BCUT2D eigenvalue weighted by Crippen LogP contribution is -2.24. The van der Waals surface area contributed by atoms with Crippen molar-refractivity contribution in [1.29, 1.82) is 5.26 Å². The van der Waals surface area contributed by atoms with E-state index in [1.807, 2.05) is 6.07 Å². The molecule has 0 fully saturated rings. The van der Waals surface area contributed by atoms with Crippen molar-refractivity contribution in [3.8, 4) is 6.07 Å². The van der Waals surface area contributed by atoms with E-state index in [9.17, 15) is 8.42 Å². The number of unbranched alkanes of at least 4 members (excludes halogenated alkanes) is 2. The number of rotatable bonds is 6. The number of nitrogens with one attached hydrogen (secondary N) is 1. The molecule has 5 nitrogen and oxygen atoms in total. The molecular formula is C10H12ClN3O2S. The SMILES string of the molecule is N#CCCCCNS(=O)(=O)c1ccc(Cl)nc1. The summed E-state index contributed by atoms with van der Waals surface area (Å²) in [6, 6.07) is 4.82. The second-order valence-corrected chi connectivity index (χ2v) is 5.48. The van der Waals surface area contributed by atoms with E-state index in [2.05, 4.69) is 9.71 Å². The lowest BCUT2D eigenvalue weighted by Gasteiger charge is -2.05. The molecule has 0 aliphatic heterocycles. The molecule has 0 aliphatic rings. The minimum Gasteiger partial charge on any atom is -0.243 e. The Kier molecular flexibility index (Phi) is 5.35. The molecular weight excluding hydrogens is 262 g/mol. The second kappa shape index (κ2) is 6.55. The molecule has 0 saturated carbocycles. The van der Waals surface area contributed by atoms with Crippen LogP contribution in [0.1, 0.15) is 19.3 Å². The maximum Gasteiger partial charge on any atom is 0.242 e. The predicted molar refractivity (Wildman–Crippen MR) is 63.9 cm³/mol. The fraction of sp³-hybridized carbons (Fsp3) is 0.400. The Hall–Kier alpha value is -1.16. The monoisotopic (exact) mass is 273 g/mol. The van der Waals surface area contributed by atoms with Crippen LogP contribution in [0.4, 0.5) is 0 Å². The second-order valence-electron chi connectivity index (χ2n) is 3.33. The van der Waals surface area contributed by atoms with Crippen molar-refractivity contribution in [3.05, 3.63) is 23.5 Å². The molecule has 0 spiro atoms. The van der Waals surface area contributed by atoms with E-state index in [0.717, 1.165) is 0 Å². The van der Waals surface area contributed by atoms with Crippen molar-refractivity contribution in [1.82, 2.24) is 9.71 Å². The molecule has 0 atom stereocenters. The van der Waals surface area contributed by atoms with Crippen molar-refractivity contribution in [2.45, 2.75) is 24.2 Å². The molecule has 17 heavy (non-hydrogen) atoms. The predicted octanol–water partition coefficient (Wildman–Crippen LogP) is 1.71. The van der Waals surface area contributed by atoms with Crippen LogP contribution in [-0.4, -0.2) is 19.9 Å². The van der Waals surface area contributed by atoms with Gasteiger partial charge in [0, 0.05) is 19.2 Å². The number of hydrogen-bond donors (Lipinski definition) is 1. The van der Waals surface area contributed by atoms with E-state index >= 15 is 0 Å². The summed E-state index contributed by atoms with van der Waals surface area (Å²) < 4.78 is 25.9. The van der Waals surface area contributed by atoms with Gasteiger partial charge in [-0.25, -0.2) is 18.1 Å². The number of pyridine rings is 1. The topological polar surface area (TPSA) is 82.9 Å². The van der Waals surface area contributed by atoms with Gasteiger partial charge in [-0.15, -0.1) is 0 Å². The zero-order valence-corrected chi connectivity index (χ0v) is 10.6. The molecule has 0 saturated heterocycles. The van der Waals surface area contributed by atoms with Crippen LogP contribution in [0.15, 0.2) is 23.2 Å². The first-order chi connectivity index (χ1) is 8.06. The molecule has 0 bridgehead atoms. The van der Waals surface area contributed by atoms with Crippen LogP contribution in [0, 0.1) is 11.3 Å². The van der Waals surface area contributed by atoms with Gasteiger partial charge in [0.1, 0.15) is 10.0 Å². The molecule has 7 heteroatoms. The summed E-state index contributed by atoms with van der Waals surface area (Å²) in [5.41, 5.74) is 0. The summed E-state index contributed by atoms with van der Waals surface area (Å²) in [6.07, 6.45) is 2.95. The van der Waals surface area contributed by atoms with Gasteiger partial charge in [-0.05, 0) is 25.0 Å². The van der Waals surface area contributed by atoms with Gasteiger partial charge in [-0.3, -0.25) is 0 Å². The zero-order valence-electron chi connectivity index (χ0n) is 9.06. The molecule has 92 valence electrons. The first-order valence-corrected chi connectivity index (χ1v) is 6.90. The summed E-state index contributed by atoms with van der Waals surface area (Å²) >= 11 is 5.57. The maximum atomic E-state index is 11.7. The van der Waals surface area contributed by atoms with Crippen molar-refractivity contribution >= 4 is 21.6 Å². The van der Waals surface area contributed by atoms with Crippen molar-refractivity contribution in [3.63, 3.8) is 0 Å². The van der Waals surface area contributed by atoms with Crippen LogP contribution < -0.4 is 4.72 Å². The highest BCUT2D eigenvalue weighted by molar-refractivity contribution is 7.89. The summed E-state index contributed by atoms with van der Waals surface area (Å²) in [7, 11) is -3.52. The molecule has 1 aromatic heterocycles. The normalized spacial score (nSPS) is 11.1. The minimum atomic E-state index is -3.52. The van der Waals surface area contributed by atoms with Gasteiger partial charge >= 0.3 is 0 Å². The highest BCUT2D eigenvalue weighted by atomic mass is 35.5. The molecule has 0 radical (unpaired) electrons. The number of nitriles is 1. The zero-order chi connectivity index (χ0) is 12.7. The van der Waals surface area contributed by atoms with Gasteiger partial charge in [0.25, 0.3) is 0 Å². The number of hydrogen-bond acceptors (Lipinski definition) is 4. The van der Waals surface area contributed by atoms with E-state index in [1.54, 1.807) is 0 Å². The van der Waals surface area contributed by atoms with Crippen LogP contribution in [-0.2, 0) is 10.0 Å². The Morgan fingerprint density at radius 2 is 2.18 bits per heavy atom. The highest BCUT2D eigenvalue weighted by Crippen LogP contribution is 2.10. The largest absolute Gasteiger partial charge is 0.243 e. The summed E-state index contributed by atoms with van der Waals surface area (Å²) in [6.45, 7) is 0.312. The Bertz CT molecular complexity index is 493. The Balaban J connectivity index is 2.52. The first kappa shape index (κ1) is 13.9. The fourth-order valence-corrected chi connectivity index (χ4v) is 2.27. The molecule has 0 amide bonds. The number of sulfonamides is 1. The van der Waals surface area contributed by atoms with Gasteiger partial charge in [-0.1, -0.05) is 11.6 Å². The number of halogens is 1. The standard InChI is InChI=1S/C10H12ClN3O2S/c11-10-5-4-9(8-13-10)17(15,16)14-7-3-1-2-6-12/h4-5,8,14H,1-3,7H2. The molecule has 1 rings (SSSR count). The Labute approximate surface area is 105 Å². The van der Waals surface area contributed by atoms with Crippen molar-refractivity contribution in [2.75, 3.05) is 6.54 Å². The number of aromatic nitrogens is 1. The van der Waals surface area contributed by atoms with Crippen LogP contribution in [0.5, 0.6) is 0 Å². The van der Waals surface area contributed by atoms with Crippen LogP contribution >= 0.6 is 11.6 Å². The van der Waals surface area contributed by atoms with E-state index in [-0.39, 0.29) is 10.0 Å². The molecule has 0 aliphatic carbocycles. The maximum absolute atomic E-state index is 11.7. The van der Waals surface area contributed by atoms with E-state index in [1.165, 1.54) is 18.3 Å². The third-order valence-electron chi connectivity index (χ3n) is 2.02. The lowest BCUT2D eigenvalue weighted by molar-refractivity contribution is 0.577. The average molecular weight is 274 g/mol. The molecule has 1 N–H and O–H groups in total. The van der Waals surface area contributed by atoms with Gasteiger partial charge in [0.05, 0.1) is 6.07 Å².